The van der Waals surface area contributed by atoms with Crippen molar-refractivity contribution in [3.8, 4) is 11.1 Å². The van der Waals surface area contributed by atoms with Crippen molar-refractivity contribution in [3.63, 3.8) is 0 Å². The third kappa shape index (κ3) is 6.19. The van der Waals surface area contributed by atoms with Crippen molar-refractivity contribution < 1.29 is 27.5 Å². The number of nitrogens with one attached hydrogen (secondary N) is 1. The van der Waals surface area contributed by atoms with Crippen molar-refractivity contribution in [3.05, 3.63) is 40.2 Å². The Morgan fingerprint density at radius 2 is 1.77 bits per heavy atom. The van der Waals surface area contributed by atoms with Crippen molar-refractivity contribution in [1.82, 2.24) is 9.80 Å². The molecule has 6 nitrogen and oxygen atoms in total. The third-order valence-electron chi connectivity index (χ3n) is 4.83. The molecule has 1 amide bonds. The highest BCUT2D eigenvalue weighted by Gasteiger charge is 2.32. The van der Waals surface area contributed by atoms with E-state index in [1.807, 2.05) is 0 Å². The predicted octanol–water partition coefficient (Wildman–Crippen LogP) is 3.97. The van der Waals surface area contributed by atoms with Crippen molar-refractivity contribution in [2.75, 3.05) is 51.7 Å². The third-order valence-corrected chi connectivity index (χ3v) is 6.06. The maximum atomic E-state index is 12.5. The number of hydrogen-bond donors (Lipinski definition) is 1. The van der Waals surface area contributed by atoms with E-state index in [4.69, 9.17) is 16.3 Å². The summed E-state index contributed by atoms with van der Waals surface area (Å²) in [5.74, 6) is -0.964. The Labute approximate surface area is 186 Å². The van der Waals surface area contributed by atoms with Gasteiger partial charge >= 0.3 is 12.1 Å². The first-order chi connectivity index (χ1) is 14.7. The number of esters is 1. The highest BCUT2D eigenvalue weighted by atomic mass is 35.5. The van der Waals surface area contributed by atoms with Crippen LogP contribution >= 0.6 is 22.9 Å². The average molecular weight is 476 g/mol. The molecule has 2 heterocycles. The Morgan fingerprint density at radius 1 is 1.13 bits per heavy atom. The smallest absolute Gasteiger partial charge is 0.401 e. The standard InChI is InChI=1S/C20H21ClF3N3O3S/c1-30-19(29)17-14(13-4-2-3-5-15(13)21)11-31-18(17)25-16(28)10-26-6-8-27(9-7-26)12-20(22,23)24/h2-5,11H,6-10,12H2,1H3,(H,25,28). The van der Waals surface area contributed by atoms with E-state index in [0.29, 0.717) is 34.2 Å². The van der Waals surface area contributed by atoms with Crippen LogP contribution in [0.1, 0.15) is 10.4 Å². The van der Waals surface area contributed by atoms with Gasteiger partial charge in [0, 0.05) is 47.7 Å². The van der Waals surface area contributed by atoms with Crippen LogP contribution in [0.3, 0.4) is 0 Å². The number of nitrogens with zero attached hydrogens (tertiary/aromatic N) is 2. The zero-order valence-corrected chi connectivity index (χ0v) is 18.2. The van der Waals surface area contributed by atoms with E-state index >= 15 is 0 Å². The fraction of sp³-hybridized carbons (Fsp3) is 0.400. The minimum absolute atomic E-state index is 0.0137. The lowest BCUT2D eigenvalue weighted by atomic mass is 10.0. The molecule has 11 heteroatoms. The van der Waals surface area contributed by atoms with Crippen molar-refractivity contribution in [1.29, 1.82) is 0 Å². The molecule has 0 unspecified atom stereocenters. The summed E-state index contributed by atoms with van der Waals surface area (Å²) in [4.78, 5) is 28.1. The maximum Gasteiger partial charge on any atom is 0.401 e. The van der Waals surface area contributed by atoms with Gasteiger partial charge in [-0.25, -0.2) is 4.79 Å². The van der Waals surface area contributed by atoms with Crippen LogP contribution in [-0.4, -0.2) is 74.2 Å². The van der Waals surface area contributed by atoms with E-state index in [-0.39, 0.29) is 31.1 Å². The van der Waals surface area contributed by atoms with E-state index < -0.39 is 18.7 Å². The fourth-order valence-electron chi connectivity index (χ4n) is 3.36. The number of amides is 1. The van der Waals surface area contributed by atoms with Crippen LogP contribution in [0.4, 0.5) is 18.2 Å². The number of rotatable bonds is 6. The summed E-state index contributed by atoms with van der Waals surface area (Å²) < 4.78 is 42.4. The first kappa shape index (κ1) is 23.5. The molecule has 2 aromatic rings. The molecule has 1 aromatic heterocycles. The van der Waals surface area contributed by atoms with Gasteiger partial charge in [0.15, 0.2) is 0 Å². The number of methoxy groups -OCH3 is 1. The number of alkyl halides is 3. The molecule has 1 aromatic carbocycles. The van der Waals surface area contributed by atoms with Gasteiger partial charge in [-0.15, -0.1) is 11.3 Å². The van der Waals surface area contributed by atoms with Crippen LogP contribution in [0.25, 0.3) is 11.1 Å². The highest BCUT2D eigenvalue weighted by molar-refractivity contribution is 7.15. The first-order valence-corrected chi connectivity index (χ1v) is 10.7. The summed E-state index contributed by atoms with van der Waals surface area (Å²) in [6, 6.07) is 7.03. The van der Waals surface area contributed by atoms with Crippen LogP contribution in [0.15, 0.2) is 29.6 Å². The number of halogens is 4. The van der Waals surface area contributed by atoms with Gasteiger partial charge in [-0.1, -0.05) is 29.8 Å². The summed E-state index contributed by atoms with van der Waals surface area (Å²) >= 11 is 7.44. The van der Waals surface area contributed by atoms with Gasteiger partial charge in [-0.05, 0) is 6.07 Å². The molecule has 1 N–H and O–H groups in total. The highest BCUT2D eigenvalue weighted by Crippen LogP contribution is 2.39. The lowest BCUT2D eigenvalue weighted by Gasteiger charge is -2.34. The molecule has 1 saturated heterocycles. The Morgan fingerprint density at radius 3 is 2.39 bits per heavy atom. The van der Waals surface area contributed by atoms with Gasteiger partial charge in [0.25, 0.3) is 0 Å². The number of carbonyl (C=O) groups excluding carboxylic acids is 2. The molecule has 31 heavy (non-hydrogen) atoms. The van der Waals surface area contributed by atoms with Crippen molar-refractivity contribution in [2.45, 2.75) is 6.18 Å². The SMILES string of the molecule is COC(=O)c1c(-c2ccccc2Cl)csc1NC(=O)CN1CCN(CC(F)(F)F)CC1. The average Bonchev–Trinajstić information content (AvgIpc) is 3.11. The molecule has 168 valence electrons. The Balaban J connectivity index is 1.67. The number of thiophene rings is 1. The normalized spacial score (nSPS) is 15.6. The van der Waals surface area contributed by atoms with Crippen LogP contribution in [0, 0.1) is 0 Å². The van der Waals surface area contributed by atoms with Crippen LogP contribution < -0.4 is 5.32 Å². The van der Waals surface area contributed by atoms with E-state index in [1.54, 1.807) is 34.5 Å². The number of benzene rings is 1. The summed E-state index contributed by atoms with van der Waals surface area (Å²) in [5, 5.41) is 5.25. The van der Waals surface area contributed by atoms with Crippen molar-refractivity contribution >= 4 is 39.8 Å². The second kappa shape index (κ2) is 9.99. The number of ether oxygens (including phenoxy) is 1. The monoisotopic (exact) mass is 475 g/mol. The summed E-state index contributed by atoms with van der Waals surface area (Å²) in [7, 11) is 1.25. The van der Waals surface area contributed by atoms with Crippen molar-refractivity contribution in [2.24, 2.45) is 0 Å². The molecule has 0 spiro atoms. The topological polar surface area (TPSA) is 61.9 Å². The zero-order chi connectivity index (χ0) is 22.6. The van der Waals surface area contributed by atoms with Gasteiger partial charge in [0.1, 0.15) is 10.6 Å². The number of anilines is 1. The number of hydrogen-bond acceptors (Lipinski definition) is 6. The van der Waals surface area contributed by atoms with Crippen LogP contribution in [0.5, 0.6) is 0 Å². The minimum atomic E-state index is -4.23. The molecule has 0 atom stereocenters. The van der Waals surface area contributed by atoms with E-state index in [2.05, 4.69) is 5.32 Å². The number of piperazine rings is 1. The Hall–Kier alpha value is -2.14. The van der Waals surface area contributed by atoms with Crippen LogP contribution in [0.2, 0.25) is 5.02 Å². The maximum absolute atomic E-state index is 12.5. The van der Waals surface area contributed by atoms with E-state index in [9.17, 15) is 22.8 Å². The van der Waals surface area contributed by atoms with Gasteiger partial charge in [0.05, 0.1) is 20.2 Å². The zero-order valence-electron chi connectivity index (χ0n) is 16.7. The summed E-state index contributed by atoms with van der Waals surface area (Å²) in [5.41, 5.74) is 1.41. The molecule has 0 bridgehead atoms. The molecule has 1 fully saturated rings. The molecule has 1 aliphatic heterocycles. The Kier molecular flexibility index (Phi) is 7.58. The lowest BCUT2D eigenvalue weighted by molar-refractivity contribution is -0.149. The minimum Gasteiger partial charge on any atom is -0.465 e. The van der Waals surface area contributed by atoms with Gasteiger partial charge in [0.2, 0.25) is 5.91 Å². The van der Waals surface area contributed by atoms with Gasteiger partial charge in [-0.2, -0.15) is 13.2 Å². The lowest BCUT2D eigenvalue weighted by Crippen LogP contribution is -2.50. The fourth-order valence-corrected chi connectivity index (χ4v) is 4.56. The quantitative estimate of drug-likeness (QED) is 0.640. The molecule has 3 rings (SSSR count). The molecular formula is C20H21ClF3N3O3S. The van der Waals surface area contributed by atoms with E-state index in [1.165, 1.54) is 23.3 Å². The summed E-state index contributed by atoms with van der Waals surface area (Å²) in [6.45, 7) is 0.229. The molecule has 1 aliphatic rings. The summed E-state index contributed by atoms with van der Waals surface area (Å²) in [6.07, 6.45) is -4.23. The first-order valence-electron chi connectivity index (χ1n) is 9.44. The van der Waals surface area contributed by atoms with Crippen LogP contribution in [-0.2, 0) is 9.53 Å². The molecule has 0 radical (unpaired) electrons. The largest absolute Gasteiger partial charge is 0.465 e. The predicted molar refractivity (Wildman–Crippen MR) is 114 cm³/mol. The second-order valence-corrected chi connectivity index (χ2v) is 8.33. The molecule has 0 aliphatic carbocycles. The second-order valence-electron chi connectivity index (χ2n) is 7.04. The van der Waals surface area contributed by atoms with Gasteiger partial charge < -0.3 is 10.1 Å². The molecule has 0 saturated carbocycles. The van der Waals surface area contributed by atoms with Gasteiger partial charge in [-0.3, -0.25) is 14.6 Å². The molecular weight excluding hydrogens is 455 g/mol. The number of carbonyl (C=O) groups is 2. The Bertz CT molecular complexity index is 943. The van der Waals surface area contributed by atoms with E-state index in [0.717, 1.165) is 0 Å².